The summed E-state index contributed by atoms with van der Waals surface area (Å²) in [6.07, 6.45) is 13.0. The number of benzene rings is 6. The summed E-state index contributed by atoms with van der Waals surface area (Å²) in [5.74, 6) is -0.385. The summed E-state index contributed by atoms with van der Waals surface area (Å²) >= 11 is 3.57. The topological polar surface area (TPSA) is 63.0 Å². The lowest BCUT2D eigenvalue weighted by atomic mass is 10.1. The lowest BCUT2D eigenvalue weighted by Gasteiger charge is -2.28. The van der Waals surface area contributed by atoms with E-state index in [1.165, 1.54) is 73.4 Å². The van der Waals surface area contributed by atoms with Crippen molar-refractivity contribution in [3.05, 3.63) is 179 Å². The molecule has 0 fully saturated rings. The summed E-state index contributed by atoms with van der Waals surface area (Å²) in [4.78, 5) is 30.4. The maximum Gasteiger partial charge on any atom is 0.305 e. The van der Waals surface area contributed by atoms with Gasteiger partial charge in [-0.1, -0.05) is 114 Å². The molecule has 0 amide bonds. The Kier molecular flexibility index (Phi) is 12.3. The number of thiazole rings is 1. The summed E-state index contributed by atoms with van der Waals surface area (Å²) < 4.78 is 13.6. The lowest BCUT2D eigenvalue weighted by Crippen LogP contribution is -2.35. The van der Waals surface area contributed by atoms with Gasteiger partial charge < -0.3 is 19.3 Å². The predicted octanol–water partition coefficient (Wildman–Crippen LogP) is 12.7. The van der Waals surface area contributed by atoms with Crippen LogP contribution in [0.2, 0.25) is 0 Å². The molecule has 0 bridgehead atoms. The zero-order chi connectivity index (χ0) is 42.4. The van der Waals surface area contributed by atoms with Crippen molar-refractivity contribution in [2.45, 2.75) is 50.0 Å². The summed E-state index contributed by atoms with van der Waals surface area (Å²) in [7, 11) is 2.90. The van der Waals surface area contributed by atoms with Crippen LogP contribution in [0.3, 0.4) is 0 Å². The van der Waals surface area contributed by atoms with Crippen LogP contribution >= 0.6 is 23.1 Å². The molecule has 7 nitrogen and oxygen atoms in total. The number of thioether (sulfide) groups is 1. The molecule has 6 aromatic carbocycles. The smallest absolute Gasteiger partial charge is 0.305 e. The van der Waals surface area contributed by atoms with E-state index in [1.807, 2.05) is 0 Å². The molecule has 9 heteroatoms. The van der Waals surface area contributed by atoms with Gasteiger partial charge in [0, 0.05) is 47.8 Å². The Balaban J connectivity index is 1.15. The van der Waals surface area contributed by atoms with E-state index in [9.17, 15) is 9.59 Å². The standard InChI is InChI=1S/C53H48N3O4S2/c1-59-51(57)23-13-31-54-45-33-39-15-9-11-17-41(39)35-47(45)61-49(54)29-27-37-25-26-38(53(37)56(43-19-5-3-6-20-43)44-21-7-4-8-22-44)28-30-50-55(32-14-24-52(58)60-2)46-34-40-16-10-12-18-42(40)36-48(46)62-50/h3-12,15-22,27-30,33-36H,13-14,23-26,31-32H2,1-2H3/q+1. The Bertz CT molecular complexity index is 2880. The van der Waals surface area contributed by atoms with Crippen LogP contribution in [0.15, 0.2) is 178 Å². The maximum absolute atomic E-state index is 12.2. The van der Waals surface area contributed by atoms with Crippen LogP contribution in [0.4, 0.5) is 17.1 Å². The Labute approximate surface area is 370 Å². The van der Waals surface area contributed by atoms with E-state index in [1.54, 1.807) is 23.1 Å². The monoisotopic (exact) mass is 854 g/mol. The Morgan fingerprint density at radius 2 is 1.29 bits per heavy atom. The number of ether oxygens (including phenoxy) is 2. The first-order chi connectivity index (χ1) is 30.5. The normalized spacial score (nSPS) is 15.2. The minimum atomic E-state index is -0.192. The number of hydrogen-bond donors (Lipinski definition) is 0. The molecule has 0 atom stereocenters. The van der Waals surface area contributed by atoms with Crippen molar-refractivity contribution in [1.82, 2.24) is 0 Å². The molecule has 0 saturated carbocycles. The third-order valence-electron chi connectivity index (χ3n) is 11.6. The van der Waals surface area contributed by atoms with E-state index < -0.39 is 0 Å². The highest BCUT2D eigenvalue weighted by molar-refractivity contribution is 8.03. The first kappa shape index (κ1) is 41.0. The molecule has 0 spiro atoms. The first-order valence-electron chi connectivity index (χ1n) is 21.2. The van der Waals surface area contributed by atoms with Gasteiger partial charge in [0.05, 0.1) is 37.1 Å². The van der Waals surface area contributed by atoms with Gasteiger partial charge in [-0.05, 0) is 107 Å². The number of nitrogens with zero attached hydrogens (tertiary/aromatic N) is 3. The Hall–Kier alpha value is -6.42. The van der Waals surface area contributed by atoms with Crippen LogP contribution in [-0.4, -0.2) is 32.7 Å². The van der Waals surface area contributed by atoms with Crippen LogP contribution in [0.25, 0.3) is 37.8 Å². The molecule has 0 saturated heterocycles. The van der Waals surface area contributed by atoms with E-state index in [0.29, 0.717) is 38.8 Å². The number of aryl methyl sites for hydroxylation is 1. The molecule has 1 aromatic heterocycles. The number of anilines is 3. The van der Waals surface area contributed by atoms with Gasteiger partial charge in [0.25, 0.3) is 5.01 Å². The van der Waals surface area contributed by atoms with Gasteiger partial charge in [-0.2, -0.15) is 4.57 Å². The maximum atomic E-state index is 12.2. The molecule has 0 radical (unpaired) electrons. The van der Waals surface area contributed by atoms with Gasteiger partial charge in [0.2, 0.25) is 5.52 Å². The van der Waals surface area contributed by atoms with Gasteiger partial charge in [0.15, 0.2) is 6.54 Å². The lowest BCUT2D eigenvalue weighted by molar-refractivity contribution is -0.669. The molecule has 7 aromatic rings. The number of allylic oxidation sites excluding steroid dienone is 5. The van der Waals surface area contributed by atoms with E-state index in [4.69, 9.17) is 9.47 Å². The number of carbonyl (C=O) groups is 2. The number of hydrogen-bond acceptors (Lipinski definition) is 8. The summed E-state index contributed by atoms with van der Waals surface area (Å²) in [6.45, 7) is 1.40. The van der Waals surface area contributed by atoms with Crippen molar-refractivity contribution in [2.24, 2.45) is 0 Å². The van der Waals surface area contributed by atoms with E-state index in [-0.39, 0.29) is 11.9 Å². The Morgan fingerprint density at radius 3 is 1.95 bits per heavy atom. The highest BCUT2D eigenvalue weighted by Gasteiger charge is 2.29. The van der Waals surface area contributed by atoms with Gasteiger partial charge in [-0.25, -0.2) is 0 Å². The third kappa shape index (κ3) is 8.69. The average molecular weight is 855 g/mol. The number of esters is 2. The number of rotatable bonds is 14. The second kappa shape index (κ2) is 18.7. The Morgan fingerprint density at radius 1 is 0.694 bits per heavy atom. The number of para-hydroxylation sites is 2. The van der Waals surface area contributed by atoms with Crippen LogP contribution in [0.5, 0.6) is 0 Å². The average Bonchev–Trinajstić information content (AvgIpc) is 3.98. The van der Waals surface area contributed by atoms with Crippen LogP contribution in [0, 0.1) is 0 Å². The molecule has 62 heavy (non-hydrogen) atoms. The summed E-state index contributed by atoms with van der Waals surface area (Å²) in [6, 6.07) is 47.3. The molecular formula is C53H48N3O4S2+. The molecule has 2 heterocycles. The van der Waals surface area contributed by atoms with Crippen molar-refractivity contribution in [2.75, 3.05) is 30.6 Å². The number of methoxy groups -OCH3 is 2. The summed E-state index contributed by atoms with van der Waals surface area (Å²) in [5.41, 5.74) is 8.17. The second-order valence-electron chi connectivity index (χ2n) is 15.4. The molecule has 310 valence electrons. The SMILES string of the molecule is COC(=O)CCCN1C(=CC=C2CCC(C=Cc3sc4cc5ccccc5cc4[n+]3CCCC(=O)OC)=C2N(c2ccccc2)c2ccccc2)Sc2cc3ccccc3cc21. The van der Waals surface area contributed by atoms with E-state index >= 15 is 0 Å². The zero-order valence-corrected chi connectivity index (χ0v) is 36.6. The quantitative estimate of drug-likeness (QED) is 0.0797. The first-order valence-corrected chi connectivity index (χ1v) is 22.8. The molecule has 1 aliphatic carbocycles. The minimum absolute atomic E-state index is 0.192. The molecule has 0 unspecified atom stereocenters. The van der Waals surface area contributed by atoms with Gasteiger partial charge in [-0.15, -0.1) is 0 Å². The van der Waals surface area contributed by atoms with Gasteiger partial charge in [0.1, 0.15) is 4.70 Å². The highest BCUT2D eigenvalue weighted by atomic mass is 32.2. The number of fused-ring (bicyclic) bond motifs is 4. The predicted molar refractivity (Wildman–Crippen MR) is 256 cm³/mol. The highest BCUT2D eigenvalue weighted by Crippen LogP contribution is 2.49. The number of carbonyl (C=O) groups excluding carboxylic acids is 2. The third-order valence-corrected chi connectivity index (χ3v) is 13.8. The van der Waals surface area contributed by atoms with Crippen LogP contribution in [-0.2, 0) is 25.6 Å². The van der Waals surface area contributed by atoms with Crippen molar-refractivity contribution < 1.29 is 23.6 Å². The van der Waals surface area contributed by atoms with E-state index in [0.717, 1.165) is 34.3 Å². The fourth-order valence-electron chi connectivity index (χ4n) is 8.48. The molecule has 0 N–H and O–H groups in total. The molecule has 2 aliphatic rings. The minimum Gasteiger partial charge on any atom is -0.469 e. The van der Waals surface area contributed by atoms with Crippen molar-refractivity contribution in [3.63, 3.8) is 0 Å². The van der Waals surface area contributed by atoms with Crippen LogP contribution < -0.4 is 14.4 Å². The van der Waals surface area contributed by atoms with Crippen LogP contribution in [0.1, 0.15) is 43.5 Å². The van der Waals surface area contributed by atoms with E-state index in [2.05, 4.69) is 172 Å². The van der Waals surface area contributed by atoms with Crippen molar-refractivity contribution >= 4 is 89.9 Å². The second-order valence-corrected chi connectivity index (χ2v) is 17.6. The molecule has 9 rings (SSSR count). The largest absolute Gasteiger partial charge is 0.469 e. The van der Waals surface area contributed by atoms with Gasteiger partial charge >= 0.3 is 11.9 Å². The van der Waals surface area contributed by atoms with Gasteiger partial charge in [-0.3, -0.25) is 9.59 Å². The van der Waals surface area contributed by atoms with Crippen molar-refractivity contribution in [1.29, 1.82) is 0 Å². The van der Waals surface area contributed by atoms with Crippen molar-refractivity contribution in [3.8, 4) is 0 Å². The molecule has 1 aliphatic heterocycles. The fourth-order valence-corrected chi connectivity index (χ4v) is 10.7. The number of aromatic nitrogens is 1. The summed E-state index contributed by atoms with van der Waals surface area (Å²) in [5, 5.41) is 7.08. The molecular weight excluding hydrogens is 807 g/mol. The fraction of sp³-hybridized carbons (Fsp3) is 0.189. The zero-order valence-electron chi connectivity index (χ0n) is 35.0.